The molecule has 1 saturated heterocycles. The highest BCUT2D eigenvalue weighted by molar-refractivity contribution is 5.96. The molecule has 1 aromatic rings. The quantitative estimate of drug-likeness (QED) is 0.871. The van der Waals surface area contributed by atoms with Crippen LogP contribution in [0, 0.1) is 19.8 Å². The molecule has 3 atom stereocenters. The van der Waals surface area contributed by atoms with Crippen LogP contribution in [0.2, 0.25) is 0 Å². The van der Waals surface area contributed by atoms with Gasteiger partial charge in [0.15, 0.2) is 0 Å². The van der Waals surface area contributed by atoms with Crippen molar-refractivity contribution in [3.63, 3.8) is 0 Å². The topological polar surface area (TPSA) is 75.8 Å². The predicted molar refractivity (Wildman–Crippen MR) is 70.4 cm³/mol. The maximum absolute atomic E-state index is 12.7. The van der Waals surface area contributed by atoms with Gasteiger partial charge in [-0.3, -0.25) is 4.79 Å². The van der Waals surface area contributed by atoms with Gasteiger partial charge in [0.25, 0.3) is 5.91 Å². The molecule has 0 aromatic carbocycles. The molecule has 1 aliphatic heterocycles. The zero-order chi connectivity index (χ0) is 14.3. The summed E-state index contributed by atoms with van der Waals surface area (Å²) in [6.45, 7) is 4.84. The normalized spacial score (nSPS) is 29.6. The summed E-state index contributed by atoms with van der Waals surface area (Å²) in [4.78, 5) is 14.6. The monoisotopic (exact) mass is 280 g/mol. The van der Waals surface area contributed by atoms with Crippen LogP contribution in [0.5, 0.6) is 0 Å². The van der Waals surface area contributed by atoms with Gasteiger partial charge in [-0.25, -0.2) is 0 Å². The first-order chi connectivity index (χ1) is 9.61. The van der Waals surface area contributed by atoms with E-state index in [-0.39, 0.29) is 30.6 Å². The average molecular weight is 280 g/mol. The Morgan fingerprint density at radius 1 is 1.45 bits per heavy atom. The van der Waals surface area contributed by atoms with Gasteiger partial charge < -0.3 is 19.3 Å². The lowest BCUT2D eigenvalue weighted by molar-refractivity contribution is -0.0449. The number of morpholine rings is 1. The van der Waals surface area contributed by atoms with Crippen LogP contribution in [-0.4, -0.2) is 53.0 Å². The Balaban J connectivity index is 1.84. The minimum absolute atomic E-state index is 0.0295. The fourth-order valence-corrected chi connectivity index (χ4v) is 3.38. The van der Waals surface area contributed by atoms with Crippen LogP contribution < -0.4 is 0 Å². The van der Waals surface area contributed by atoms with E-state index in [9.17, 15) is 9.90 Å². The summed E-state index contributed by atoms with van der Waals surface area (Å²) in [5, 5.41) is 13.2. The Labute approximate surface area is 117 Å². The molecule has 6 nitrogen and oxygen atoms in total. The van der Waals surface area contributed by atoms with Gasteiger partial charge in [-0.1, -0.05) is 5.16 Å². The molecule has 2 fully saturated rings. The number of rotatable bonds is 2. The number of hydrogen-bond acceptors (Lipinski definition) is 5. The fourth-order valence-electron chi connectivity index (χ4n) is 3.38. The summed E-state index contributed by atoms with van der Waals surface area (Å²) < 4.78 is 10.8. The standard InChI is InChI=1S/C14H20N2O4/c1-8-13(9(2)20-15-8)14(18)16-3-4-19-12-6-10(7-17)5-11(12)16/h10-12,17H,3-7H2,1-2H3/t10-,11+,12+/m1/s1. The Bertz CT molecular complexity index is 494. The second-order valence-corrected chi connectivity index (χ2v) is 5.69. The minimum Gasteiger partial charge on any atom is -0.396 e. The maximum atomic E-state index is 12.7. The number of ether oxygens (including phenoxy) is 1. The van der Waals surface area contributed by atoms with Crippen LogP contribution in [0.1, 0.15) is 34.7 Å². The van der Waals surface area contributed by atoms with Gasteiger partial charge in [-0.05, 0) is 32.6 Å². The van der Waals surface area contributed by atoms with Crippen LogP contribution >= 0.6 is 0 Å². The summed E-state index contributed by atoms with van der Waals surface area (Å²) >= 11 is 0. The van der Waals surface area contributed by atoms with Gasteiger partial charge >= 0.3 is 0 Å². The number of nitrogens with zero attached hydrogens (tertiary/aromatic N) is 2. The molecule has 2 aliphatic rings. The second kappa shape index (κ2) is 5.18. The summed E-state index contributed by atoms with van der Waals surface area (Å²) in [5.74, 6) is 0.758. The first-order valence-electron chi connectivity index (χ1n) is 7.08. The van der Waals surface area contributed by atoms with Crippen molar-refractivity contribution in [1.82, 2.24) is 10.1 Å². The predicted octanol–water partition coefficient (Wildman–Crippen LogP) is 0.903. The molecule has 1 aromatic heterocycles. The summed E-state index contributed by atoms with van der Waals surface area (Å²) in [5.41, 5.74) is 1.20. The second-order valence-electron chi connectivity index (χ2n) is 5.69. The highest BCUT2D eigenvalue weighted by Gasteiger charge is 2.43. The van der Waals surface area contributed by atoms with Crippen LogP contribution in [0.4, 0.5) is 0 Å². The Morgan fingerprint density at radius 3 is 2.90 bits per heavy atom. The Morgan fingerprint density at radius 2 is 2.25 bits per heavy atom. The highest BCUT2D eigenvalue weighted by Crippen LogP contribution is 2.35. The van der Waals surface area contributed by atoms with Crippen LogP contribution in [0.15, 0.2) is 4.52 Å². The summed E-state index contributed by atoms with van der Waals surface area (Å²) in [7, 11) is 0. The molecule has 1 amide bonds. The lowest BCUT2D eigenvalue weighted by atomic mass is 10.1. The lowest BCUT2D eigenvalue weighted by Gasteiger charge is -2.37. The number of amides is 1. The third-order valence-corrected chi connectivity index (χ3v) is 4.40. The van der Waals surface area contributed by atoms with E-state index in [1.165, 1.54) is 0 Å². The zero-order valence-corrected chi connectivity index (χ0v) is 11.8. The summed E-state index contributed by atoms with van der Waals surface area (Å²) in [6, 6.07) is 0.0575. The van der Waals surface area contributed by atoms with Gasteiger partial charge in [0, 0.05) is 13.2 Å². The van der Waals surface area contributed by atoms with E-state index in [1.807, 2.05) is 4.90 Å². The number of carbonyl (C=O) groups excluding carboxylic acids is 1. The van der Waals surface area contributed by atoms with E-state index in [4.69, 9.17) is 9.26 Å². The van der Waals surface area contributed by atoms with E-state index in [0.29, 0.717) is 30.2 Å². The molecule has 0 radical (unpaired) electrons. The molecular weight excluding hydrogens is 260 g/mol. The van der Waals surface area contributed by atoms with Crippen LogP contribution in [0.3, 0.4) is 0 Å². The first kappa shape index (κ1) is 13.6. The van der Waals surface area contributed by atoms with Crippen LogP contribution in [0.25, 0.3) is 0 Å². The van der Waals surface area contributed by atoms with Crippen molar-refractivity contribution in [3.05, 3.63) is 17.0 Å². The van der Waals surface area contributed by atoms with E-state index < -0.39 is 0 Å². The van der Waals surface area contributed by atoms with Crippen molar-refractivity contribution in [2.75, 3.05) is 19.8 Å². The number of aromatic nitrogens is 1. The van der Waals surface area contributed by atoms with Crippen molar-refractivity contribution in [3.8, 4) is 0 Å². The van der Waals surface area contributed by atoms with Crippen molar-refractivity contribution >= 4 is 5.91 Å². The molecule has 2 heterocycles. The average Bonchev–Trinajstić information content (AvgIpc) is 3.01. The van der Waals surface area contributed by atoms with E-state index in [0.717, 1.165) is 12.8 Å². The van der Waals surface area contributed by atoms with Gasteiger partial charge in [0.05, 0.1) is 24.4 Å². The molecule has 6 heteroatoms. The fraction of sp³-hybridized carbons (Fsp3) is 0.714. The molecule has 1 N–H and O–H groups in total. The highest BCUT2D eigenvalue weighted by atomic mass is 16.5. The largest absolute Gasteiger partial charge is 0.396 e. The third kappa shape index (κ3) is 2.13. The molecular formula is C14H20N2O4. The van der Waals surface area contributed by atoms with E-state index >= 15 is 0 Å². The number of aliphatic hydroxyl groups is 1. The van der Waals surface area contributed by atoms with Gasteiger partial charge in [-0.2, -0.15) is 0 Å². The van der Waals surface area contributed by atoms with Crippen molar-refractivity contribution in [2.45, 2.75) is 38.8 Å². The SMILES string of the molecule is Cc1noc(C)c1C(=O)N1CCO[C@H]2C[C@H](CO)C[C@@H]21. The molecule has 1 aliphatic carbocycles. The molecule has 3 rings (SSSR count). The van der Waals surface area contributed by atoms with Crippen molar-refractivity contribution < 1.29 is 19.2 Å². The number of aliphatic hydroxyl groups excluding tert-OH is 1. The molecule has 20 heavy (non-hydrogen) atoms. The van der Waals surface area contributed by atoms with Gasteiger partial charge in [0.2, 0.25) is 0 Å². The molecule has 0 unspecified atom stereocenters. The molecule has 1 saturated carbocycles. The molecule has 0 bridgehead atoms. The third-order valence-electron chi connectivity index (χ3n) is 4.40. The zero-order valence-electron chi connectivity index (χ0n) is 11.8. The summed E-state index contributed by atoms with van der Waals surface area (Å²) in [6.07, 6.45) is 1.67. The Kier molecular flexibility index (Phi) is 3.52. The molecule has 0 spiro atoms. The lowest BCUT2D eigenvalue weighted by Crippen LogP contribution is -2.51. The van der Waals surface area contributed by atoms with Gasteiger partial charge in [-0.15, -0.1) is 0 Å². The van der Waals surface area contributed by atoms with E-state index in [2.05, 4.69) is 5.16 Å². The number of aryl methyl sites for hydroxylation is 2. The van der Waals surface area contributed by atoms with E-state index in [1.54, 1.807) is 13.8 Å². The van der Waals surface area contributed by atoms with Crippen LogP contribution in [-0.2, 0) is 4.74 Å². The van der Waals surface area contributed by atoms with Gasteiger partial charge in [0.1, 0.15) is 11.3 Å². The number of hydrogen-bond donors (Lipinski definition) is 1. The maximum Gasteiger partial charge on any atom is 0.259 e. The minimum atomic E-state index is -0.0295. The number of fused-ring (bicyclic) bond motifs is 1. The van der Waals surface area contributed by atoms with Crippen molar-refractivity contribution in [1.29, 1.82) is 0 Å². The smallest absolute Gasteiger partial charge is 0.259 e. The molecule has 110 valence electrons. The van der Waals surface area contributed by atoms with Crippen molar-refractivity contribution in [2.24, 2.45) is 5.92 Å². The first-order valence-corrected chi connectivity index (χ1v) is 7.08. The number of carbonyl (C=O) groups is 1. The Hall–Kier alpha value is -1.40.